The van der Waals surface area contributed by atoms with Crippen molar-refractivity contribution in [3.8, 4) is 0 Å². The molecule has 8 heteroatoms. The van der Waals surface area contributed by atoms with Crippen molar-refractivity contribution in [1.29, 1.82) is 0 Å². The normalized spacial score (nSPS) is 11.3. The zero-order valence-electron chi connectivity index (χ0n) is 11.3. The fourth-order valence-corrected chi connectivity index (χ4v) is 1.69. The Kier molecular flexibility index (Phi) is 16.0. The van der Waals surface area contributed by atoms with Crippen LogP contribution in [0, 0.1) is 0 Å². The third-order valence-corrected chi connectivity index (χ3v) is 2.77. The van der Waals surface area contributed by atoms with E-state index in [1.165, 1.54) is 19.3 Å². The van der Waals surface area contributed by atoms with Gasteiger partial charge in [-0.3, -0.25) is 4.89 Å². The van der Waals surface area contributed by atoms with Gasteiger partial charge in [0.1, 0.15) is 6.04 Å². The van der Waals surface area contributed by atoms with Crippen LogP contribution in [-0.2, 0) is 19.4 Å². The Morgan fingerprint density at radius 1 is 1.05 bits per heavy atom. The molecule has 7 nitrogen and oxygen atoms in total. The van der Waals surface area contributed by atoms with Crippen molar-refractivity contribution in [3.05, 3.63) is 0 Å². The molecule has 0 saturated heterocycles. The van der Waals surface area contributed by atoms with Crippen molar-refractivity contribution in [3.63, 3.8) is 0 Å². The summed E-state index contributed by atoms with van der Waals surface area (Å²) in [5.41, 5.74) is 0. The highest BCUT2D eigenvalue weighted by molar-refractivity contribution is 5.82. The van der Waals surface area contributed by atoms with Crippen molar-refractivity contribution in [2.45, 2.75) is 57.9 Å². The van der Waals surface area contributed by atoms with E-state index < -0.39 is 24.4 Å². The van der Waals surface area contributed by atoms with E-state index in [9.17, 15) is 9.59 Å². The number of nitrogens with one attached hydrogen (secondary N) is 1. The second-order valence-electron chi connectivity index (χ2n) is 4.35. The van der Waals surface area contributed by atoms with Crippen LogP contribution >= 0.6 is 0 Å². The molecule has 0 aromatic rings. The van der Waals surface area contributed by atoms with E-state index in [1.807, 2.05) is 0 Å². The maximum atomic E-state index is 11.1. The molecule has 0 bridgehead atoms. The first-order chi connectivity index (χ1) is 9.15. The van der Waals surface area contributed by atoms with Crippen molar-refractivity contribution < 1.29 is 29.9 Å². The highest BCUT2D eigenvalue weighted by Gasteiger charge is 2.24. The van der Waals surface area contributed by atoms with Gasteiger partial charge in [0.2, 0.25) is 0 Å². The summed E-state index contributed by atoms with van der Waals surface area (Å²) >= 11 is 0. The van der Waals surface area contributed by atoms with Gasteiger partial charge in [0.15, 0.2) is 17.4 Å². The third-order valence-electron chi connectivity index (χ3n) is 2.77. The molecular weight excluding hydrogens is 281 g/mol. The van der Waals surface area contributed by atoms with Crippen LogP contribution in [0.15, 0.2) is 0 Å². The lowest BCUT2D eigenvalue weighted by Gasteiger charge is -2.13. The second-order valence-corrected chi connectivity index (χ2v) is 4.35. The Hall–Kier alpha value is -0.648. The molecule has 0 heterocycles. The molecule has 0 spiro atoms. The fraction of sp³-hybridized carbons (Fsp3) is 0.833. The molecule has 0 fully saturated rings. The largest absolute Gasteiger partial charge is 0.359 e. The smallest absolute Gasteiger partial charge is 0.304 e. The number of rotatable bonds is 11. The van der Waals surface area contributed by atoms with E-state index in [4.69, 9.17) is 10.5 Å². The average molecular weight is 307 g/mol. The van der Waals surface area contributed by atoms with Crippen molar-refractivity contribution in [2.75, 3.05) is 6.54 Å². The predicted molar refractivity (Wildman–Crippen MR) is 77.2 cm³/mol. The van der Waals surface area contributed by atoms with Gasteiger partial charge in [0, 0.05) is 0 Å². The minimum absolute atomic E-state index is 0. The van der Waals surface area contributed by atoms with Gasteiger partial charge >= 0.3 is 11.9 Å². The quantitative estimate of drug-likeness (QED) is 0.221. The lowest BCUT2D eigenvalue weighted by atomic mass is 10.1. The number of unbranched alkanes of at least 4 members (excludes halogenated alkanes) is 5. The third kappa shape index (κ3) is 11.2. The Balaban J connectivity index is 0. The van der Waals surface area contributed by atoms with Crippen LogP contribution in [0.2, 0.25) is 0 Å². The minimum atomic E-state index is -1.01. The van der Waals surface area contributed by atoms with E-state index in [0.29, 0.717) is 6.54 Å². The summed E-state index contributed by atoms with van der Waals surface area (Å²) in [5.74, 6) is -1.94. The zero-order chi connectivity index (χ0) is 14.5. The second kappa shape index (κ2) is 14.8. The molecule has 20 heavy (non-hydrogen) atoms. The van der Waals surface area contributed by atoms with Gasteiger partial charge in [-0.15, -0.1) is 0 Å². The fourth-order valence-electron chi connectivity index (χ4n) is 1.69. The molecule has 0 aromatic heterocycles. The molecule has 0 aliphatic heterocycles. The molecule has 0 aliphatic carbocycles. The van der Waals surface area contributed by atoms with Crippen LogP contribution in [0.3, 0.4) is 0 Å². The molecule has 118 valence electrons. The van der Waals surface area contributed by atoms with Gasteiger partial charge in [0.05, 0.1) is 6.42 Å². The highest BCUT2D eigenvalue weighted by atomic mass is 27.0. The first-order valence-electron chi connectivity index (χ1n) is 6.58. The van der Waals surface area contributed by atoms with E-state index in [0.717, 1.165) is 19.3 Å². The van der Waals surface area contributed by atoms with Crippen molar-refractivity contribution >= 4 is 29.3 Å². The first-order valence-corrected chi connectivity index (χ1v) is 6.58. The summed E-state index contributed by atoms with van der Waals surface area (Å²) < 4.78 is 0. The average Bonchev–Trinajstić information content (AvgIpc) is 2.43. The predicted octanol–water partition coefficient (Wildman–Crippen LogP) is 0.544. The Bertz CT molecular complexity index is 264. The molecule has 1 atom stereocenters. The minimum Gasteiger partial charge on any atom is -0.304 e. The maximum Gasteiger partial charge on any atom is 0.359 e. The van der Waals surface area contributed by atoms with E-state index >= 15 is 0 Å². The van der Waals surface area contributed by atoms with E-state index in [1.54, 1.807) is 0 Å². The summed E-state index contributed by atoms with van der Waals surface area (Å²) in [6.07, 6.45) is 6.21. The molecule has 0 rings (SSSR count). The lowest BCUT2D eigenvalue weighted by molar-refractivity contribution is -0.242. The molecule has 0 aromatic carbocycles. The van der Waals surface area contributed by atoms with Gasteiger partial charge in [-0.2, -0.15) is 10.5 Å². The maximum absolute atomic E-state index is 11.1. The molecule has 0 radical (unpaired) electrons. The van der Waals surface area contributed by atoms with Crippen LogP contribution in [0.25, 0.3) is 0 Å². The van der Waals surface area contributed by atoms with Crippen LogP contribution in [-0.4, -0.2) is 52.4 Å². The lowest BCUT2D eigenvalue weighted by Crippen LogP contribution is -2.40. The monoisotopic (exact) mass is 307 g/mol. The highest BCUT2D eigenvalue weighted by Crippen LogP contribution is 2.05. The van der Waals surface area contributed by atoms with Crippen LogP contribution in [0.5, 0.6) is 0 Å². The molecule has 0 saturated carbocycles. The molecule has 1 unspecified atom stereocenters. The zero-order valence-corrected chi connectivity index (χ0v) is 11.3. The Morgan fingerprint density at radius 3 is 2.20 bits per heavy atom. The van der Waals surface area contributed by atoms with Gasteiger partial charge < -0.3 is 10.2 Å². The number of hydrogen-bond donors (Lipinski definition) is 3. The molecule has 0 amide bonds. The van der Waals surface area contributed by atoms with Crippen LogP contribution < -0.4 is 5.32 Å². The van der Waals surface area contributed by atoms with Crippen molar-refractivity contribution in [2.24, 2.45) is 0 Å². The summed E-state index contributed by atoms with van der Waals surface area (Å²) in [6.45, 7) is 2.66. The van der Waals surface area contributed by atoms with E-state index in [-0.39, 0.29) is 17.4 Å². The molecule has 3 N–H and O–H groups in total. The standard InChI is InChI=1S/C12H23NO6.Al.3H/c1-2-3-4-5-6-7-8-13-10(12(15)19-17)9-11(14)18-16;;;;/h10,13,16-17H,2-9H2,1H3;;;;. The summed E-state index contributed by atoms with van der Waals surface area (Å²) in [7, 11) is 0. The van der Waals surface area contributed by atoms with Gasteiger partial charge in [-0.05, 0) is 13.0 Å². The van der Waals surface area contributed by atoms with E-state index in [2.05, 4.69) is 22.0 Å². The van der Waals surface area contributed by atoms with Crippen molar-refractivity contribution in [1.82, 2.24) is 5.32 Å². The van der Waals surface area contributed by atoms with Crippen LogP contribution in [0.4, 0.5) is 0 Å². The Morgan fingerprint density at radius 2 is 1.65 bits per heavy atom. The number of carbonyl (C=O) groups excluding carboxylic acids is 2. The summed E-state index contributed by atoms with van der Waals surface area (Å²) in [4.78, 5) is 29.0. The molecular formula is C12H26AlNO6. The van der Waals surface area contributed by atoms with Gasteiger partial charge in [0.25, 0.3) is 0 Å². The topological polar surface area (TPSA) is 105 Å². The van der Waals surface area contributed by atoms with Gasteiger partial charge in [-0.1, -0.05) is 39.0 Å². The summed E-state index contributed by atoms with van der Waals surface area (Å²) in [6, 6.07) is -1.01. The van der Waals surface area contributed by atoms with Crippen LogP contribution in [0.1, 0.15) is 51.9 Å². The Labute approximate surface area is 129 Å². The van der Waals surface area contributed by atoms with Gasteiger partial charge in [-0.25, -0.2) is 9.59 Å². The number of carbonyl (C=O) groups is 2. The first kappa shape index (κ1) is 21.6. The SMILES string of the molecule is CCCCCCCCNC(CC(=O)OO)C(=O)OO.[AlH3]. The number of hydrogen-bond acceptors (Lipinski definition) is 7. The summed E-state index contributed by atoms with van der Waals surface area (Å²) in [5, 5.41) is 19.2. The molecule has 0 aliphatic rings.